The van der Waals surface area contributed by atoms with Crippen molar-refractivity contribution in [2.45, 2.75) is 25.6 Å². The fraction of sp³-hybridized carbons (Fsp3) is 0.375. The number of ether oxygens (including phenoxy) is 2. The highest BCUT2D eigenvalue weighted by molar-refractivity contribution is 6.09. The van der Waals surface area contributed by atoms with Gasteiger partial charge in [0.05, 0.1) is 7.11 Å². The van der Waals surface area contributed by atoms with Gasteiger partial charge in [-0.05, 0) is 18.9 Å². The quantitative estimate of drug-likeness (QED) is 0.755. The van der Waals surface area contributed by atoms with E-state index in [2.05, 4.69) is 9.89 Å². The lowest BCUT2D eigenvalue weighted by molar-refractivity contribution is -0.140. The minimum atomic E-state index is -0.491. The molecule has 1 aromatic rings. The molecule has 1 unspecified atom stereocenters. The molecule has 0 amide bonds. The minimum Gasteiger partial charge on any atom is -0.469 e. The van der Waals surface area contributed by atoms with Crippen molar-refractivity contribution in [3.8, 4) is 0 Å². The van der Waals surface area contributed by atoms with E-state index in [0.29, 0.717) is 19.3 Å². The zero-order valence-electron chi connectivity index (χ0n) is 12.2. The predicted octanol–water partition coefficient (Wildman–Crippen LogP) is 2.66. The van der Waals surface area contributed by atoms with Gasteiger partial charge in [-0.2, -0.15) is 0 Å². The van der Waals surface area contributed by atoms with Crippen LogP contribution in [0, 0.1) is 0 Å². The van der Waals surface area contributed by atoms with Gasteiger partial charge in [0.15, 0.2) is 0 Å². The fourth-order valence-electron chi connectivity index (χ4n) is 2.11. The second kappa shape index (κ2) is 7.59. The van der Waals surface area contributed by atoms with Crippen molar-refractivity contribution in [1.82, 2.24) is 0 Å². The first-order chi connectivity index (χ1) is 10.2. The van der Waals surface area contributed by atoms with Gasteiger partial charge >= 0.3 is 5.97 Å². The van der Waals surface area contributed by atoms with Gasteiger partial charge in [-0.1, -0.05) is 35.5 Å². The van der Waals surface area contributed by atoms with Crippen molar-refractivity contribution < 1.29 is 19.1 Å². The van der Waals surface area contributed by atoms with E-state index in [-0.39, 0.29) is 5.97 Å². The number of carbonyl (C=O) groups excluding carboxylic acids is 1. The van der Waals surface area contributed by atoms with Gasteiger partial charge in [0, 0.05) is 24.7 Å². The molecule has 1 aliphatic rings. The maximum atomic E-state index is 11.2. The molecule has 0 fully saturated rings. The molecule has 5 heteroatoms. The normalized spacial score (nSPS) is 17.5. The molecule has 0 aromatic heterocycles. The third-order valence-corrected chi connectivity index (χ3v) is 3.23. The number of rotatable bonds is 6. The zero-order chi connectivity index (χ0) is 15.1. The monoisotopic (exact) mass is 289 g/mol. The number of allylic oxidation sites excluding steroid dienone is 1. The summed E-state index contributed by atoms with van der Waals surface area (Å²) < 4.78 is 9.90. The number of esters is 1. The summed E-state index contributed by atoms with van der Waals surface area (Å²) in [5.41, 5.74) is 2.71. The maximum absolute atomic E-state index is 11.2. The van der Waals surface area contributed by atoms with Gasteiger partial charge in [-0.3, -0.25) is 4.79 Å². The maximum Gasteiger partial charge on any atom is 0.305 e. The first-order valence-electron chi connectivity index (χ1n) is 6.84. The summed E-state index contributed by atoms with van der Waals surface area (Å²) in [6, 6.07) is 9.79. The third kappa shape index (κ3) is 4.16. The van der Waals surface area contributed by atoms with Crippen molar-refractivity contribution in [3.05, 3.63) is 47.5 Å². The van der Waals surface area contributed by atoms with E-state index in [1.807, 2.05) is 36.4 Å². The van der Waals surface area contributed by atoms with Gasteiger partial charge in [0.1, 0.15) is 5.71 Å². The van der Waals surface area contributed by atoms with Crippen LogP contribution in [-0.2, 0) is 19.1 Å². The average molecular weight is 289 g/mol. The Kier molecular flexibility index (Phi) is 5.51. The Morgan fingerprint density at radius 3 is 2.71 bits per heavy atom. The molecule has 1 heterocycles. The van der Waals surface area contributed by atoms with E-state index >= 15 is 0 Å². The number of nitrogens with zero attached hydrogens (tertiary/aromatic N) is 1. The van der Waals surface area contributed by atoms with Crippen molar-refractivity contribution >= 4 is 11.7 Å². The first kappa shape index (κ1) is 15.3. The van der Waals surface area contributed by atoms with Crippen LogP contribution in [0.25, 0.3) is 0 Å². The Bertz CT molecular complexity index is 536. The van der Waals surface area contributed by atoms with E-state index in [0.717, 1.165) is 16.8 Å². The van der Waals surface area contributed by atoms with Crippen LogP contribution in [0.4, 0.5) is 0 Å². The SMILES string of the molecule is COC(=O)CCCC1=CC(c2ccccc2)=NOC1OC. The molecule has 21 heavy (non-hydrogen) atoms. The third-order valence-electron chi connectivity index (χ3n) is 3.23. The summed E-state index contributed by atoms with van der Waals surface area (Å²) in [5, 5.41) is 4.09. The fourth-order valence-corrected chi connectivity index (χ4v) is 2.11. The number of methoxy groups -OCH3 is 2. The lowest BCUT2D eigenvalue weighted by Gasteiger charge is -2.21. The molecule has 0 saturated carbocycles. The Morgan fingerprint density at radius 2 is 2.05 bits per heavy atom. The van der Waals surface area contributed by atoms with Crippen LogP contribution < -0.4 is 0 Å². The van der Waals surface area contributed by atoms with E-state index in [1.165, 1.54) is 7.11 Å². The van der Waals surface area contributed by atoms with Crippen LogP contribution >= 0.6 is 0 Å². The van der Waals surface area contributed by atoms with E-state index < -0.39 is 6.29 Å². The van der Waals surface area contributed by atoms with Crippen molar-refractivity contribution in [3.63, 3.8) is 0 Å². The molecule has 1 aliphatic heterocycles. The highest BCUT2D eigenvalue weighted by Crippen LogP contribution is 2.22. The first-order valence-corrected chi connectivity index (χ1v) is 6.84. The minimum absolute atomic E-state index is 0.210. The largest absolute Gasteiger partial charge is 0.469 e. The van der Waals surface area contributed by atoms with Crippen LogP contribution in [0.2, 0.25) is 0 Å². The molecule has 0 spiro atoms. The van der Waals surface area contributed by atoms with Gasteiger partial charge in [-0.15, -0.1) is 0 Å². The molecule has 0 radical (unpaired) electrons. The van der Waals surface area contributed by atoms with E-state index in [1.54, 1.807) is 7.11 Å². The van der Waals surface area contributed by atoms with Crippen molar-refractivity contribution in [2.75, 3.05) is 14.2 Å². The number of hydrogen-bond donors (Lipinski definition) is 0. The van der Waals surface area contributed by atoms with Crippen LogP contribution in [0.3, 0.4) is 0 Å². The van der Waals surface area contributed by atoms with Crippen LogP contribution in [0.5, 0.6) is 0 Å². The van der Waals surface area contributed by atoms with Crippen molar-refractivity contribution in [1.29, 1.82) is 0 Å². The second-order valence-corrected chi connectivity index (χ2v) is 4.66. The molecule has 5 nitrogen and oxygen atoms in total. The molecular weight excluding hydrogens is 270 g/mol. The number of carbonyl (C=O) groups is 1. The standard InChI is InChI=1S/C16H19NO4/c1-19-15(18)10-6-9-13-11-14(17-21-16(13)20-2)12-7-4-3-5-8-12/h3-5,7-8,11,16H,6,9-10H2,1-2H3. The van der Waals surface area contributed by atoms with Crippen LogP contribution in [0.1, 0.15) is 24.8 Å². The Labute approximate surface area is 124 Å². The average Bonchev–Trinajstić information content (AvgIpc) is 2.55. The summed E-state index contributed by atoms with van der Waals surface area (Å²) in [6.07, 6.45) is 3.23. The lowest BCUT2D eigenvalue weighted by atomic mass is 10.0. The summed E-state index contributed by atoms with van der Waals surface area (Å²) >= 11 is 0. The van der Waals surface area contributed by atoms with Gasteiger partial charge in [0.25, 0.3) is 0 Å². The molecular formula is C16H19NO4. The number of hydrogen-bond acceptors (Lipinski definition) is 5. The number of oxime groups is 1. The molecule has 112 valence electrons. The van der Waals surface area contributed by atoms with Crippen molar-refractivity contribution in [2.24, 2.45) is 5.16 Å². The smallest absolute Gasteiger partial charge is 0.305 e. The van der Waals surface area contributed by atoms with Gasteiger partial charge in [0.2, 0.25) is 6.29 Å². The Hall–Kier alpha value is -2.14. The lowest BCUT2D eigenvalue weighted by Crippen LogP contribution is -2.22. The summed E-state index contributed by atoms with van der Waals surface area (Å²) in [6.45, 7) is 0. The molecule has 1 aromatic carbocycles. The Morgan fingerprint density at radius 1 is 1.29 bits per heavy atom. The summed E-state index contributed by atoms with van der Waals surface area (Å²) in [4.78, 5) is 16.5. The molecule has 0 N–H and O–H groups in total. The molecule has 0 aliphatic carbocycles. The molecule has 1 atom stereocenters. The van der Waals surface area contributed by atoms with Crippen LogP contribution in [0.15, 0.2) is 47.1 Å². The highest BCUT2D eigenvalue weighted by atomic mass is 16.8. The zero-order valence-corrected chi connectivity index (χ0v) is 12.2. The Balaban J connectivity index is 2.06. The predicted molar refractivity (Wildman–Crippen MR) is 78.8 cm³/mol. The summed E-state index contributed by atoms with van der Waals surface area (Å²) in [5.74, 6) is -0.210. The summed E-state index contributed by atoms with van der Waals surface area (Å²) in [7, 11) is 2.96. The highest BCUT2D eigenvalue weighted by Gasteiger charge is 2.21. The molecule has 0 bridgehead atoms. The molecule has 0 saturated heterocycles. The van der Waals surface area contributed by atoms with E-state index in [4.69, 9.17) is 9.57 Å². The van der Waals surface area contributed by atoms with Gasteiger partial charge < -0.3 is 14.3 Å². The van der Waals surface area contributed by atoms with Gasteiger partial charge in [-0.25, -0.2) is 0 Å². The van der Waals surface area contributed by atoms with Crippen LogP contribution in [-0.4, -0.2) is 32.2 Å². The second-order valence-electron chi connectivity index (χ2n) is 4.66. The molecule has 2 rings (SSSR count). The number of benzene rings is 1. The topological polar surface area (TPSA) is 57.1 Å². The van der Waals surface area contributed by atoms with E-state index in [9.17, 15) is 4.79 Å².